The Balaban J connectivity index is 2.26. The van der Waals surface area contributed by atoms with Crippen LogP contribution in [0.3, 0.4) is 0 Å². The van der Waals surface area contributed by atoms with Crippen LogP contribution in [-0.4, -0.2) is 17.3 Å². The average molecular weight is 216 g/mol. The van der Waals surface area contributed by atoms with Crippen LogP contribution in [-0.2, 0) is 0 Å². The smallest absolute Gasteiger partial charge is 0.121 e. The third kappa shape index (κ3) is 2.34. The van der Waals surface area contributed by atoms with Crippen molar-refractivity contribution in [2.24, 2.45) is 0 Å². The molecule has 2 atom stereocenters. The molecule has 1 unspecified atom stereocenters. The molecule has 0 aliphatic rings. The highest BCUT2D eigenvalue weighted by Gasteiger charge is 2.10. The zero-order valence-electron chi connectivity index (χ0n) is 9.55. The molecule has 0 amide bonds. The lowest BCUT2D eigenvalue weighted by atomic mass is 10.1. The van der Waals surface area contributed by atoms with Gasteiger partial charge in [0.05, 0.1) is 6.10 Å². The second kappa shape index (κ2) is 4.54. The maximum absolute atomic E-state index is 9.37. The molecular weight excluding hydrogens is 200 g/mol. The number of fused-ring (bicyclic) bond motifs is 1. The van der Waals surface area contributed by atoms with Crippen molar-refractivity contribution in [1.29, 1.82) is 0 Å². The summed E-state index contributed by atoms with van der Waals surface area (Å²) in [6, 6.07) is 14.1. The van der Waals surface area contributed by atoms with Crippen molar-refractivity contribution < 1.29 is 9.84 Å². The molecule has 2 nitrogen and oxygen atoms in total. The van der Waals surface area contributed by atoms with Crippen molar-refractivity contribution in [3.8, 4) is 5.75 Å². The monoisotopic (exact) mass is 216 g/mol. The summed E-state index contributed by atoms with van der Waals surface area (Å²) >= 11 is 0. The van der Waals surface area contributed by atoms with Crippen LogP contribution in [0.15, 0.2) is 42.5 Å². The summed E-state index contributed by atoms with van der Waals surface area (Å²) in [4.78, 5) is 0. The summed E-state index contributed by atoms with van der Waals surface area (Å²) in [5.41, 5.74) is 0. The Kier molecular flexibility index (Phi) is 3.11. The largest absolute Gasteiger partial charge is 0.488 e. The van der Waals surface area contributed by atoms with E-state index in [2.05, 4.69) is 12.1 Å². The Morgan fingerprint density at radius 1 is 1.00 bits per heavy atom. The van der Waals surface area contributed by atoms with Crippen LogP contribution < -0.4 is 4.74 Å². The van der Waals surface area contributed by atoms with Crippen molar-refractivity contribution >= 4 is 10.8 Å². The molecule has 0 saturated heterocycles. The van der Waals surface area contributed by atoms with E-state index in [0.29, 0.717) is 0 Å². The van der Waals surface area contributed by atoms with E-state index in [0.717, 1.165) is 11.1 Å². The van der Waals surface area contributed by atoms with Crippen molar-refractivity contribution in [1.82, 2.24) is 0 Å². The Morgan fingerprint density at radius 2 is 1.69 bits per heavy atom. The van der Waals surface area contributed by atoms with Gasteiger partial charge in [-0.05, 0) is 36.8 Å². The van der Waals surface area contributed by atoms with E-state index in [9.17, 15) is 5.11 Å². The molecule has 0 fully saturated rings. The first-order valence-corrected chi connectivity index (χ1v) is 5.50. The number of ether oxygens (including phenoxy) is 1. The van der Waals surface area contributed by atoms with Gasteiger partial charge in [0.1, 0.15) is 11.9 Å². The van der Waals surface area contributed by atoms with Gasteiger partial charge in [0, 0.05) is 0 Å². The molecule has 2 heteroatoms. The molecule has 2 rings (SSSR count). The molecule has 0 aliphatic carbocycles. The van der Waals surface area contributed by atoms with Crippen LogP contribution in [0.5, 0.6) is 5.75 Å². The zero-order valence-corrected chi connectivity index (χ0v) is 9.55. The van der Waals surface area contributed by atoms with Gasteiger partial charge in [0.25, 0.3) is 0 Å². The number of hydrogen-bond donors (Lipinski definition) is 1. The maximum Gasteiger partial charge on any atom is 0.121 e. The molecule has 2 aromatic carbocycles. The van der Waals surface area contributed by atoms with Crippen molar-refractivity contribution in [2.75, 3.05) is 0 Å². The second-order valence-corrected chi connectivity index (χ2v) is 4.07. The van der Waals surface area contributed by atoms with Crippen LogP contribution in [0, 0.1) is 0 Å². The van der Waals surface area contributed by atoms with E-state index in [4.69, 9.17) is 4.74 Å². The summed E-state index contributed by atoms with van der Waals surface area (Å²) in [5, 5.41) is 11.7. The van der Waals surface area contributed by atoms with Gasteiger partial charge in [-0.3, -0.25) is 0 Å². The van der Waals surface area contributed by atoms with Gasteiger partial charge in [-0.15, -0.1) is 0 Å². The SMILES string of the molecule is CC(O)[C@H](C)Oc1ccc2ccccc2c1. The van der Waals surface area contributed by atoms with Crippen LogP contribution in [0.4, 0.5) is 0 Å². The molecular formula is C14H16O2. The van der Waals surface area contributed by atoms with Gasteiger partial charge >= 0.3 is 0 Å². The van der Waals surface area contributed by atoms with Gasteiger partial charge in [-0.2, -0.15) is 0 Å². The lowest BCUT2D eigenvalue weighted by molar-refractivity contribution is 0.0605. The van der Waals surface area contributed by atoms with Gasteiger partial charge in [0.15, 0.2) is 0 Å². The fraction of sp³-hybridized carbons (Fsp3) is 0.286. The quantitative estimate of drug-likeness (QED) is 0.854. The zero-order chi connectivity index (χ0) is 11.5. The molecule has 16 heavy (non-hydrogen) atoms. The average Bonchev–Trinajstić information content (AvgIpc) is 2.28. The highest BCUT2D eigenvalue weighted by atomic mass is 16.5. The van der Waals surface area contributed by atoms with E-state index in [1.54, 1.807) is 6.92 Å². The lowest BCUT2D eigenvalue weighted by Gasteiger charge is -2.17. The van der Waals surface area contributed by atoms with E-state index in [-0.39, 0.29) is 6.10 Å². The minimum absolute atomic E-state index is 0.193. The molecule has 0 saturated carbocycles. The molecule has 0 heterocycles. The van der Waals surface area contributed by atoms with Crippen molar-refractivity contribution in [3.05, 3.63) is 42.5 Å². The van der Waals surface area contributed by atoms with Gasteiger partial charge < -0.3 is 9.84 Å². The lowest BCUT2D eigenvalue weighted by Crippen LogP contribution is -2.25. The second-order valence-electron chi connectivity index (χ2n) is 4.07. The molecule has 0 spiro atoms. The Bertz CT molecular complexity index is 477. The van der Waals surface area contributed by atoms with E-state index in [1.807, 2.05) is 37.3 Å². The first-order chi connectivity index (χ1) is 7.66. The number of aliphatic hydroxyl groups excluding tert-OH is 1. The molecule has 84 valence electrons. The fourth-order valence-electron chi connectivity index (χ4n) is 1.55. The van der Waals surface area contributed by atoms with Crippen LogP contribution >= 0.6 is 0 Å². The normalized spacial score (nSPS) is 14.7. The third-order valence-corrected chi connectivity index (χ3v) is 2.72. The predicted molar refractivity (Wildman–Crippen MR) is 65.7 cm³/mol. The van der Waals surface area contributed by atoms with Crippen LogP contribution in [0.1, 0.15) is 13.8 Å². The number of aliphatic hydroxyl groups is 1. The summed E-state index contributed by atoms with van der Waals surface area (Å²) in [7, 11) is 0. The molecule has 1 N–H and O–H groups in total. The Morgan fingerprint density at radius 3 is 2.38 bits per heavy atom. The molecule has 0 bridgehead atoms. The van der Waals surface area contributed by atoms with Crippen molar-refractivity contribution in [2.45, 2.75) is 26.1 Å². The number of rotatable bonds is 3. The van der Waals surface area contributed by atoms with Gasteiger partial charge in [0.2, 0.25) is 0 Å². The van der Waals surface area contributed by atoms with E-state index < -0.39 is 6.10 Å². The van der Waals surface area contributed by atoms with E-state index >= 15 is 0 Å². The first-order valence-electron chi connectivity index (χ1n) is 5.50. The van der Waals surface area contributed by atoms with Crippen molar-refractivity contribution in [3.63, 3.8) is 0 Å². The Labute approximate surface area is 95.5 Å². The minimum Gasteiger partial charge on any atom is -0.488 e. The summed E-state index contributed by atoms with van der Waals surface area (Å²) in [6.07, 6.45) is -0.660. The molecule has 0 radical (unpaired) electrons. The van der Waals surface area contributed by atoms with Gasteiger partial charge in [-0.25, -0.2) is 0 Å². The van der Waals surface area contributed by atoms with Crippen LogP contribution in [0.25, 0.3) is 10.8 Å². The van der Waals surface area contributed by atoms with Crippen LogP contribution in [0.2, 0.25) is 0 Å². The topological polar surface area (TPSA) is 29.5 Å². The summed E-state index contributed by atoms with van der Waals surface area (Å²) < 4.78 is 5.63. The number of benzene rings is 2. The third-order valence-electron chi connectivity index (χ3n) is 2.72. The minimum atomic E-state index is -0.466. The van der Waals surface area contributed by atoms with Gasteiger partial charge in [-0.1, -0.05) is 30.3 Å². The highest BCUT2D eigenvalue weighted by Crippen LogP contribution is 2.21. The summed E-state index contributed by atoms with van der Waals surface area (Å²) in [5.74, 6) is 0.798. The molecule has 0 aromatic heterocycles. The molecule has 0 aliphatic heterocycles. The highest BCUT2D eigenvalue weighted by molar-refractivity contribution is 5.83. The number of hydrogen-bond acceptors (Lipinski definition) is 2. The predicted octanol–water partition coefficient (Wildman–Crippen LogP) is 2.99. The first kappa shape index (κ1) is 11.0. The summed E-state index contributed by atoms with van der Waals surface area (Å²) in [6.45, 7) is 3.59. The van der Waals surface area contributed by atoms with E-state index in [1.165, 1.54) is 5.39 Å². The maximum atomic E-state index is 9.37. The fourth-order valence-corrected chi connectivity index (χ4v) is 1.55. The Hall–Kier alpha value is -1.54. The standard InChI is InChI=1S/C14H16O2/c1-10(15)11(2)16-14-8-7-12-5-3-4-6-13(12)9-14/h3-11,15H,1-2H3/t10?,11-/m0/s1. The molecule has 2 aromatic rings.